The summed E-state index contributed by atoms with van der Waals surface area (Å²) in [7, 11) is 0. The van der Waals surface area contributed by atoms with Crippen LogP contribution in [0.4, 0.5) is 5.95 Å². The minimum Gasteiger partial charge on any atom is -0.493 e. The molecule has 0 aliphatic carbocycles. The molecule has 2 N–H and O–H groups in total. The van der Waals surface area contributed by atoms with E-state index in [0.29, 0.717) is 11.6 Å². The number of anilines is 1. The first-order valence-corrected chi connectivity index (χ1v) is 7.56. The predicted molar refractivity (Wildman–Crippen MR) is 81.1 cm³/mol. The van der Waals surface area contributed by atoms with Gasteiger partial charge in [0, 0.05) is 17.4 Å². The number of rotatable bonds is 3. The van der Waals surface area contributed by atoms with Gasteiger partial charge in [0.05, 0.1) is 6.61 Å². The Morgan fingerprint density at radius 2 is 2.36 bits per heavy atom. The SMILES string of the molecule is O=C(Nc1ncn[nH]1)c1csc(-c2ccc3c(c2)CCO3)n1. The van der Waals surface area contributed by atoms with E-state index in [9.17, 15) is 4.79 Å². The van der Waals surface area contributed by atoms with Crippen LogP contribution in [0.5, 0.6) is 5.75 Å². The number of aromatic amines is 1. The zero-order chi connectivity index (χ0) is 14.9. The van der Waals surface area contributed by atoms with Gasteiger partial charge in [-0.3, -0.25) is 10.1 Å². The zero-order valence-corrected chi connectivity index (χ0v) is 12.2. The first kappa shape index (κ1) is 13.0. The quantitative estimate of drug-likeness (QED) is 0.772. The second-order valence-electron chi connectivity index (χ2n) is 4.75. The Labute approximate surface area is 129 Å². The van der Waals surface area contributed by atoms with Crippen LogP contribution in [0.1, 0.15) is 16.1 Å². The molecule has 1 aliphatic heterocycles. The van der Waals surface area contributed by atoms with Crippen LogP contribution in [-0.2, 0) is 6.42 Å². The van der Waals surface area contributed by atoms with Crippen molar-refractivity contribution in [1.82, 2.24) is 20.2 Å². The van der Waals surface area contributed by atoms with Gasteiger partial charge in [-0.2, -0.15) is 10.1 Å². The summed E-state index contributed by atoms with van der Waals surface area (Å²) in [5.41, 5.74) is 2.53. The number of ether oxygens (including phenoxy) is 1. The predicted octanol–water partition coefficient (Wildman–Crippen LogP) is 2.12. The summed E-state index contributed by atoms with van der Waals surface area (Å²) in [6.07, 6.45) is 2.24. The summed E-state index contributed by atoms with van der Waals surface area (Å²) in [6.45, 7) is 0.724. The summed E-state index contributed by atoms with van der Waals surface area (Å²) >= 11 is 1.43. The van der Waals surface area contributed by atoms with Gasteiger partial charge in [0.15, 0.2) is 0 Å². The first-order valence-electron chi connectivity index (χ1n) is 6.68. The highest BCUT2D eigenvalue weighted by Gasteiger charge is 2.16. The van der Waals surface area contributed by atoms with Gasteiger partial charge in [-0.25, -0.2) is 10.1 Å². The number of aromatic nitrogens is 4. The van der Waals surface area contributed by atoms with Crippen LogP contribution in [0, 0.1) is 0 Å². The van der Waals surface area contributed by atoms with Crippen molar-refractivity contribution in [3.8, 4) is 16.3 Å². The highest BCUT2D eigenvalue weighted by atomic mass is 32.1. The van der Waals surface area contributed by atoms with Gasteiger partial charge in [0.2, 0.25) is 5.95 Å². The number of hydrogen-bond acceptors (Lipinski definition) is 6. The maximum absolute atomic E-state index is 12.1. The van der Waals surface area contributed by atoms with E-state index in [0.717, 1.165) is 29.3 Å². The third-order valence-corrected chi connectivity index (χ3v) is 4.21. The molecule has 0 fully saturated rings. The van der Waals surface area contributed by atoms with Crippen molar-refractivity contribution in [2.45, 2.75) is 6.42 Å². The first-order chi connectivity index (χ1) is 10.8. The second kappa shape index (κ2) is 5.23. The molecule has 1 amide bonds. The van der Waals surface area contributed by atoms with Crippen molar-refractivity contribution in [3.63, 3.8) is 0 Å². The Kier molecular flexibility index (Phi) is 3.08. The minimum atomic E-state index is -0.316. The lowest BCUT2D eigenvalue weighted by atomic mass is 10.1. The standard InChI is InChI=1S/C14H11N5O2S/c20-12(18-14-15-7-16-19-14)10-6-22-13(17-10)9-1-2-11-8(5-9)3-4-21-11/h1-2,5-7H,3-4H2,(H2,15,16,18,19,20). The Bertz CT molecular complexity index is 828. The maximum Gasteiger partial charge on any atom is 0.277 e. The number of nitrogens with one attached hydrogen (secondary N) is 2. The topological polar surface area (TPSA) is 92.8 Å². The second-order valence-corrected chi connectivity index (χ2v) is 5.61. The fourth-order valence-electron chi connectivity index (χ4n) is 2.27. The summed E-state index contributed by atoms with van der Waals surface area (Å²) in [5.74, 6) is 0.918. The van der Waals surface area contributed by atoms with Gasteiger partial charge < -0.3 is 4.74 Å². The molecule has 7 nitrogen and oxygen atoms in total. The van der Waals surface area contributed by atoms with E-state index >= 15 is 0 Å². The molecule has 0 saturated carbocycles. The molecule has 0 spiro atoms. The Hall–Kier alpha value is -2.74. The molecule has 0 atom stereocenters. The normalized spacial score (nSPS) is 12.7. The smallest absolute Gasteiger partial charge is 0.277 e. The molecule has 1 aliphatic rings. The molecule has 110 valence electrons. The van der Waals surface area contributed by atoms with Crippen LogP contribution in [0.3, 0.4) is 0 Å². The van der Waals surface area contributed by atoms with Gasteiger partial charge in [-0.15, -0.1) is 11.3 Å². The molecule has 0 saturated heterocycles. The number of hydrogen-bond donors (Lipinski definition) is 2. The van der Waals surface area contributed by atoms with Crippen LogP contribution in [0.15, 0.2) is 29.9 Å². The van der Waals surface area contributed by atoms with Crippen molar-refractivity contribution in [1.29, 1.82) is 0 Å². The third kappa shape index (κ3) is 2.33. The van der Waals surface area contributed by atoms with E-state index in [2.05, 4.69) is 31.5 Å². The lowest BCUT2D eigenvalue weighted by Gasteiger charge is -2.01. The highest BCUT2D eigenvalue weighted by Crippen LogP contribution is 2.31. The third-order valence-electron chi connectivity index (χ3n) is 3.32. The van der Waals surface area contributed by atoms with Crippen molar-refractivity contribution < 1.29 is 9.53 Å². The van der Waals surface area contributed by atoms with Crippen LogP contribution in [-0.4, -0.2) is 32.7 Å². The van der Waals surface area contributed by atoms with Crippen molar-refractivity contribution in [2.24, 2.45) is 0 Å². The number of amides is 1. The largest absolute Gasteiger partial charge is 0.493 e. The number of benzene rings is 1. The Balaban J connectivity index is 1.57. The van der Waals surface area contributed by atoms with Crippen LogP contribution in [0.2, 0.25) is 0 Å². The maximum atomic E-state index is 12.1. The van der Waals surface area contributed by atoms with E-state index in [1.165, 1.54) is 23.2 Å². The summed E-state index contributed by atoms with van der Waals surface area (Å²) < 4.78 is 5.49. The summed E-state index contributed by atoms with van der Waals surface area (Å²) in [5, 5.41) is 11.4. The van der Waals surface area contributed by atoms with Gasteiger partial charge in [-0.1, -0.05) is 0 Å². The van der Waals surface area contributed by atoms with E-state index in [1.807, 2.05) is 12.1 Å². The number of carbonyl (C=O) groups excluding carboxylic acids is 1. The number of thiazole rings is 1. The van der Waals surface area contributed by atoms with Crippen molar-refractivity contribution in [3.05, 3.63) is 41.2 Å². The molecular weight excluding hydrogens is 302 g/mol. The lowest BCUT2D eigenvalue weighted by molar-refractivity contribution is 0.102. The van der Waals surface area contributed by atoms with Gasteiger partial charge >= 0.3 is 0 Å². The monoisotopic (exact) mass is 313 g/mol. The number of H-pyrrole nitrogens is 1. The molecule has 8 heteroatoms. The molecule has 0 unspecified atom stereocenters. The summed E-state index contributed by atoms with van der Waals surface area (Å²) in [6, 6.07) is 5.98. The van der Waals surface area contributed by atoms with E-state index < -0.39 is 0 Å². The summed E-state index contributed by atoms with van der Waals surface area (Å²) in [4.78, 5) is 20.3. The zero-order valence-electron chi connectivity index (χ0n) is 11.4. The molecule has 3 aromatic rings. The van der Waals surface area contributed by atoms with Crippen LogP contribution in [0.25, 0.3) is 10.6 Å². The van der Waals surface area contributed by atoms with E-state index in [4.69, 9.17) is 4.74 Å². The van der Waals surface area contributed by atoms with Crippen molar-refractivity contribution >= 4 is 23.2 Å². The fraction of sp³-hybridized carbons (Fsp3) is 0.143. The average Bonchev–Trinajstić information content (AvgIpc) is 3.27. The fourth-order valence-corrected chi connectivity index (χ4v) is 3.06. The molecule has 22 heavy (non-hydrogen) atoms. The van der Waals surface area contributed by atoms with Gasteiger partial charge in [-0.05, 0) is 23.8 Å². The lowest BCUT2D eigenvalue weighted by Crippen LogP contribution is -2.13. The van der Waals surface area contributed by atoms with Crippen LogP contribution >= 0.6 is 11.3 Å². The Morgan fingerprint density at radius 1 is 1.41 bits per heavy atom. The van der Waals surface area contributed by atoms with E-state index in [-0.39, 0.29) is 5.91 Å². The molecule has 1 aromatic carbocycles. The van der Waals surface area contributed by atoms with Gasteiger partial charge in [0.25, 0.3) is 5.91 Å². The molecule has 0 bridgehead atoms. The van der Waals surface area contributed by atoms with Gasteiger partial charge in [0.1, 0.15) is 22.8 Å². The molecule has 3 heterocycles. The van der Waals surface area contributed by atoms with E-state index in [1.54, 1.807) is 5.38 Å². The number of nitrogens with zero attached hydrogens (tertiary/aromatic N) is 3. The van der Waals surface area contributed by atoms with Crippen molar-refractivity contribution in [2.75, 3.05) is 11.9 Å². The molecule has 0 radical (unpaired) electrons. The minimum absolute atomic E-state index is 0.300. The molecular formula is C14H11N5O2S. The molecule has 2 aromatic heterocycles. The molecule has 4 rings (SSSR count). The number of fused-ring (bicyclic) bond motifs is 1. The highest BCUT2D eigenvalue weighted by molar-refractivity contribution is 7.13. The Morgan fingerprint density at radius 3 is 3.23 bits per heavy atom. The van der Waals surface area contributed by atoms with Crippen LogP contribution < -0.4 is 10.1 Å². The number of carbonyl (C=O) groups is 1. The average molecular weight is 313 g/mol.